The largest absolute Gasteiger partial charge is 0.516 e. The minimum Gasteiger partial charge on any atom is -0.516 e. The predicted octanol–water partition coefficient (Wildman–Crippen LogP) is 3.74. The fourth-order valence-electron chi connectivity index (χ4n) is 2.06. The molecule has 0 aromatic carbocycles. The van der Waals surface area contributed by atoms with Crippen LogP contribution in [-0.4, -0.2) is 25.4 Å². The quantitative estimate of drug-likeness (QED) is 0.377. The third-order valence-electron chi connectivity index (χ3n) is 3.45. The number of carbonyl (C=O) groups is 2. The van der Waals surface area contributed by atoms with Crippen LogP contribution in [0.25, 0.3) is 0 Å². The van der Waals surface area contributed by atoms with E-state index in [9.17, 15) is 9.59 Å². The molecule has 0 saturated heterocycles. The smallest absolute Gasteiger partial charge is 0.328 e. The van der Waals surface area contributed by atoms with Gasteiger partial charge in [0.15, 0.2) is 0 Å². The van der Waals surface area contributed by atoms with Crippen LogP contribution in [0.4, 0.5) is 0 Å². The van der Waals surface area contributed by atoms with E-state index in [1.54, 1.807) is 0 Å². The van der Waals surface area contributed by atoms with Gasteiger partial charge in [-0.3, -0.25) is 0 Å². The number of rotatable bonds is 10. The monoisotopic (exact) mass is 286 g/mol. The van der Waals surface area contributed by atoms with Crippen molar-refractivity contribution in [2.24, 2.45) is 0 Å². The van der Waals surface area contributed by atoms with Gasteiger partial charge in [-0.05, 0) is 18.1 Å². The Morgan fingerprint density at radius 1 is 1.05 bits per heavy atom. The average Bonchev–Trinajstić information content (AvgIpc) is 2.40. The number of hydrogen-bond donors (Lipinski definition) is 1. The van der Waals surface area contributed by atoms with E-state index in [1.807, 2.05) is 0 Å². The van der Waals surface area contributed by atoms with Crippen LogP contribution in [0.2, 0.25) is 18.1 Å². The molecule has 19 heavy (non-hydrogen) atoms. The first-order valence-corrected chi connectivity index (χ1v) is 9.66. The van der Waals surface area contributed by atoms with Gasteiger partial charge < -0.3 is 9.53 Å². The molecule has 0 amide bonds. The Balaban J connectivity index is 4.43. The molecule has 5 heteroatoms. The van der Waals surface area contributed by atoms with Crippen molar-refractivity contribution >= 4 is 20.3 Å². The lowest BCUT2D eigenvalue weighted by molar-refractivity contribution is -0.133. The first-order valence-electron chi connectivity index (χ1n) is 7.13. The van der Waals surface area contributed by atoms with Crippen LogP contribution in [0.1, 0.15) is 46.5 Å². The molecule has 0 spiro atoms. The summed E-state index contributed by atoms with van der Waals surface area (Å²) in [7, 11) is -2.02. The second-order valence-electron chi connectivity index (χ2n) is 4.79. The van der Waals surface area contributed by atoms with Crippen LogP contribution in [0, 0.1) is 0 Å². The van der Waals surface area contributed by atoms with Crippen LogP contribution < -0.4 is 0 Å². The summed E-state index contributed by atoms with van der Waals surface area (Å²) < 4.78 is 5.62. The fraction of sp³-hybridized carbons (Fsp3) is 0.714. The van der Waals surface area contributed by atoms with Gasteiger partial charge in [0.2, 0.25) is 0 Å². The number of carboxylic acid groups (broad SMARTS) is 1. The highest BCUT2D eigenvalue weighted by Crippen LogP contribution is 2.25. The van der Waals surface area contributed by atoms with E-state index in [2.05, 4.69) is 20.8 Å². The van der Waals surface area contributed by atoms with E-state index in [4.69, 9.17) is 9.53 Å². The Labute approximate surface area is 117 Å². The highest BCUT2D eigenvalue weighted by atomic mass is 28.4. The van der Waals surface area contributed by atoms with Gasteiger partial charge in [0.25, 0.3) is 8.32 Å². The minimum absolute atomic E-state index is 0.506. The molecule has 0 heterocycles. The predicted molar refractivity (Wildman–Crippen MR) is 78.5 cm³/mol. The molecular formula is C14H26O4Si. The molecule has 0 radical (unpaired) electrons. The third kappa shape index (κ3) is 7.82. The van der Waals surface area contributed by atoms with Crippen molar-refractivity contribution in [1.82, 2.24) is 0 Å². The van der Waals surface area contributed by atoms with E-state index in [0.29, 0.717) is 0 Å². The summed E-state index contributed by atoms with van der Waals surface area (Å²) in [5.74, 6) is -1.63. The van der Waals surface area contributed by atoms with Crippen molar-refractivity contribution in [3.8, 4) is 0 Å². The summed E-state index contributed by atoms with van der Waals surface area (Å²) in [5, 5.41) is 8.49. The molecule has 0 aromatic heterocycles. The molecule has 0 aliphatic heterocycles. The van der Waals surface area contributed by atoms with Gasteiger partial charge in [-0.15, -0.1) is 0 Å². The van der Waals surface area contributed by atoms with Crippen LogP contribution in [0.3, 0.4) is 0 Å². The van der Waals surface area contributed by atoms with E-state index < -0.39 is 20.3 Å². The fourth-order valence-corrected chi connectivity index (χ4v) is 5.05. The number of carboxylic acids is 1. The van der Waals surface area contributed by atoms with E-state index in [0.717, 1.165) is 36.7 Å². The second-order valence-corrected chi connectivity index (χ2v) is 9.28. The van der Waals surface area contributed by atoms with Gasteiger partial charge in [-0.25, -0.2) is 9.59 Å². The lowest BCUT2D eigenvalue weighted by Gasteiger charge is -2.28. The van der Waals surface area contributed by atoms with Crippen molar-refractivity contribution < 1.29 is 19.1 Å². The molecule has 110 valence electrons. The molecule has 0 saturated carbocycles. The maximum Gasteiger partial charge on any atom is 0.328 e. The Kier molecular flexibility index (Phi) is 9.21. The highest BCUT2D eigenvalue weighted by molar-refractivity contribution is 6.75. The maximum atomic E-state index is 11.6. The molecule has 0 atom stereocenters. The lowest BCUT2D eigenvalue weighted by Crippen LogP contribution is -2.38. The Morgan fingerprint density at radius 3 is 2.16 bits per heavy atom. The Hall–Kier alpha value is -1.10. The molecule has 0 bridgehead atoms. The van der Waals surface area contributed by atoms with Crippen LogP contribution in [0.15, 0.2) is 12.2 Å². The Bertz CT molecular complexity index is 309. The number of unbranched alkanes of at least 4 members (excludes halogenated alkanes) is 3. The number of carbonyl (C=O) groups excluding carboxylic acids is 1. The first-order chi connectivity index (χ1) is 8.99. The zero-order valence-electron chi connectivity index (χ0n) is 12.3. The van der Waals surface area contributed by atoms with Gasteiger partial charge in [0.1, 0.15) is 0 Å². The van der Waals surface area contributed by atoms with Crippen molar-refractivity contribution in [1.29, 1.82) is 0 Å². The summed E-state index contributed by atoms with van der Waals surface area (Å²) in [5.41, 5.74) is 0. The molecule has 0 rings (SSSR count). The van der Waals surface area contributed by atoms with Crippen LogP contribution in [0.5, 0.6) is 0 Å². The Morgan fingerprint density at radius 2 is 1.68 bits per heavy atom. The van der Waals surface area contributed by atoms with Crippen LogP contribution >= 0.6 is 0 Å². The lowest BCUT2D eigenvalue weighted by atomic mass is 10.2. The van der Waals surface area contributed by atoms with Crippen molar-refractivity contribution in [2.45, 2.75) is 64.6 Å². The van der Waals surface area contributed by atoms with E-state index in [-0.39, 0.29) is 0 Å². The maximum absolute atomic E-state index is 11.6. The van der Waals surface area contributed by atoms with E-state index in [1.165, 1.54) is 19.3 Å². The third-order valence-corrected chi connectivity index (χ3v) is 7.93. The van der Waals surface area contributed by atoms with Crippen molar-refractivity contribution in [2.75, 3.05) is 0 Å². The average molecular weight is 286 g/mol. The summed E-state index contributed by atoms with van der Waals surface area (Å²) in [6.45, 7) is 6.29. The summed E-state index contributed by atoms with van der Waals surface area (Å²) >= 11 is 0. The van der Waals surface area contributed by atoms with Gasteiger partial charge in [-0.2, -0.15) is 0 Å². The zero-order valence-corrected chi connectivity index (χ0v) is 13.3. The van der Waals surface area contributed by atoms with Gasteiger partial charge >= 0.3 is 11.9 Å². The van der Waals surface area contributed by atoms with Gasteiger partial charge in [0.05, 0.1) is 0 Å². The zero-order chi connectivity index (χ0) is 14.7. The first kappa shape index (κ1) is 17.9. The van der Waals surface area contributed by atoms with Crippen molar-refractivity contribution in [3.63, 3.8) is 0 Å². The molecule has 0 aromatic rings. The van der Waals surface area contributed by atoms with Gasteiger partial charge in [-0.1, -0.05) is 46.5 Å². The van der Waals surface area contributed by atoms with Crippen LogP contribution in [-0.2, 0) is 14.0 Å². The normalized spacial score (nSPS) is 11.7. The van der Waals surface area contributed by atoms with E-state index >= 15 is 0 Å². The topological polar surface area (TPSA) is 63.6 Å². The molecule has 0 aliphatic carbocycles. The molecular weight excluding hydrogens is 260 g/mol. The summed E-state index contributed by atoms with van der Waals surface area (Å²) in [6, 6.07) is 2.76. The standard InChI is InChI=1S/C14H26O4Si/c1-4-7-8-9-12-19(5-2,6-3)18-14(17)11-10-13(15)16/h10-11H,4-9,12H2,1-3H3,(H,15,16)/b11-10-. The van der Waals surface area contributed by atoms with Gasteiger partial charge in [0, 0.05) is 12.2 Å². The molecule has 0 aliphatic rings. The summed E-state index contributed by atoms with van der Waals surface area (Å²) in [6.07, 6.45) is 6.52. The molecule has 1 N–H and O–H groups in total. The summed E-state index contributed by atoms with van der Waals surface area (Å²) in [4.78, 5) is 22.0. The minimum atomic E-state index is -2.02. The SMILES string of the molecule is CCCCCC[Si](CC)(CC)OC(=O)/C=C\C(=O)O. The molecule has 4 nitrogen and oxygen atoms in total. The highest BCUT2D eigenvalue weighted by Gasteiger charge is 2.33. The number of hydrogen-bond acceptors (Lipinski definition) is 3. The van der Waals surface area contributed by atoms with Crippen molar-refractivity contribution in [3.05, 3.63) is 12.2 Å². The number of aliphatic carboxylic acids is 1. The molecule has 0 unspecified atom stereocenters. The second kappa shape index (κ2) is 9.78. The molecule has 0 fully saturated rings.